The molecule has 2 aromatic carbocycles. The van der Waals surface area contributed by atoms with Crippen molar-refractivity contribution in [2.24, 2.45) is 0 Å². The van der Waals surface area contributed by atoms with E-state index >= 15 is 0 Å². The molecule has 0 aliphatic rings. The number of rotatable bonds is 6. The fourth-order valence-electron chi connectivity index (χ4n) is 2.82. The first-order chi connectivity index (χ1) is 11.4. The van der Waals surface area contributed by atoms with Gasteiger partial charge in [0.1, 0.15) is 0 Å². The summed E-state index contributed by atoms with van der Waals surface area (Å²) in [6, 6.07) is 25.4. The fraction of sp³-hybridized carbons (Fsp3) is 0.227. The molecule has 0 radical (unpaired) electrons. The molecule has 1 aromatic heterocycles. The molecule has 0 N–H and O–H groups in total. The van der Waals surface area contributed by atoms with Crippen LogP contribution in [0.4, 0.5) is 0 Å². The molecular weight excluding hydrogens is 278 g/mol. The van der Waals surface area contributed by atoms with Gasteiger partial charge in [-0.2, -0.15) is 0 Å². The predicted octanol–water partition coefficient (Wildman–Crippen LogP) is 6.15. The van der Waals surface area contributed by atoms with Gasteiger partial charge >= 0.3 is 0 Å². The van der Waals surface area contributed by atoms with Gasteiger partial charge in [0, 0.05) is 11.1 Å². The summed E-state index contributed by atoms with van der Waals surface area (Å²) in [5, 5.41) is 0. The Kier molecular flexibility index (Phi) is 5.21. The van der Waals surface area contributed by atoms with Gasteiger partial charge in [-0.3, -0.25) is 0 Å². The summed E-state index contributed by atoms with van der Waals surface area (Å²) < 4.78 is 0. The van der Waals surface area contributed by atoms with Crippen LogP contribution >= 0.6 is 0 Å². The number of aromatic nitrogens is 1. The van der Waals surface area contributed by atoms with E-state index in [9.17, 15) is 0 Å². The molecule has 0 bridgehead atoms. The minimum atomic E-state index is 1.07. The molecular formula is C22H23N. The first kappa shape index (κ1) is 15.5. The lowest BCUT2D eigenvalue weighted by atomic mass is 10.0. The van der Waals surface area contributed by atoms with Gasteiger partial charge in [-0.1, -0.05) is 80.4 Å². The number of unbranched alkanes of at least 4 members (excludes halogenated alkanes) is 2. The van der Waals surface area contributed by atoms with Crippen LogP contribution in [0.15, 0.2) is 72.8 Å². The second-order valence-corrected chi connectivity index (χ2v) is 5.94. The van der Waals surface area contributed by atoms with Crippen molar-refractivity contribution in [3.8, 4) is 22.5 Å². The van der Waals surface area contributed by atoms with E-state index in [4.69, 9.17) is 4.98 Å². The molecule has 0 atom stereocenters. The molecule has 1 nitrogen and oxygen atoms in total. The number of pyridine rings is 1. The quantitative estimate of drug-likeness (QED) is 0.498. The molecule has 3 aromatic rings. The third-order valence-electron chi connectivity index (χ3n) is 4.09. The van der Waals surface area contributed by atoms with E-state index in [1.165, 1.54) is 36.0 Å². The minimum absolute atomic E-state index is 1.07. The minimum Gasteiger partial charge on any atom is -0.248 e. The Bertz CT molecular complexity index is 675. The van der Waals surface area contributed by atoms with Gasteiger partial charge in [0.05, 0.1) is 11.4 Å². The Morgan fingerprint density at radius 3 is 1.70 bits per heavy atom. The Balaban J connectivity index is 2.00. The second-order valence-electron chi connectivity index (χ2n) is 5.94. The summed E-state index contributed by atoms with van der Waals surface area (Å²) in [5.74, 6) is 0. The zero-order valence-electron chi connectivity index (χ0n) is 13.7. The van der Waals surface area contributed by atoms with Crippen LogP contribution in [0, 0.1) is 0 Å². The summed E-state index contributed by atoms with van der Waals surface area (Å²) in [7, 11) is 0. The van der Waals surface area contributed by atoms with E-state index < -0.39 is 0 Å². The molecule has 0 fully saturated rings. The van der Waals surface area contributed by atoms with Crippen LogP contribution in [-0.2, 0) is 6.42 Å². The number of nitrogens with zero attached hydrogens (tertiary/aromatic N) is 1. The third kappa shape index (κ3) is 4.07. The summed E-state index contributed by atoms with van der Waals surface area (Å²) in [6.45, 7) is 2.25. The number of hydrogen-bond donors (Lipinski definition) is 0. The van der Waals surface area contributed by atoms with E-state index in [0.29, 0.717) is 0 Å². The van der Waals surface area contributed by atoms with Crippen LogP contribution < -0.4 is 0 Å². The topological polar surface area (TPSA) is 12.9 Å². The van der Waals surface area contributed by atoms with Gasteiger partial charge < -0.3 is 0 Å². The highest BCUT2D eigenvalue weighted by atomic mass is 14.7. The van der Waals surface area contributed by atoms with Crippen LogP contribution in [-0.4, -0.2) is 4.98 Å². The van der Waals surface area contributed by atoms with Gasteiger partial charge in [-0.05, 0) is 30.5 Å². The normalized spacial score (nSPS) is 10.7. The maximum Gasteiger partial charge on any atom is 0.0712 e. The Morgan fingerprint density at radius 2 is 1.22 bits per heavy atom. The molecule has 116 valence electrons. The second kappa shape index (κ2) is 7.73. The van der Waals surface area contributed by atoms with Gasteiger partial charge in [-0.25, -0.2) is 4.98 Å². The lowest BCUT2D eigenvalue weighted by Crippen LogP contribution is -1.94. The van der Waals surface area contributed by atoms with Crippen LogP contribution in [0.1, 0.15) is 31.7 Å². The van der Waals surface area contributed by atoms with Crippen molar-refractivity contribution < 1.29 is 0 Å². The highest BCUT2D eigenvalue weighted by Crippen LogP contribution is 2.25. The zero-order valence-corrected chi connectivity index (χ0v) is 13.7. The Morgan fingerprint density at radius 1 is 0.696 bits per heavy atom. The standard InChI is InChI=1S/C22H23N/c1-2-3-6-11-18-16-21(19-12-7-4-8-13-19)23-22(17-18)20-14-9-5-10-15-20/h4-5,7-10,12-17H,2-3,6,11H2,1H3. The number of benzene rings is 2. The zero-order chi connectivity index (χ0) is 15.9. The van der Waals surface area contributed by atoms with Crippen molar-refractivity contribution in [3.63, 3.8) is 0 Å². The number of hydrogen-bond acceptors (Lipinski definition) is 1. The molecule has 0 unspecified atom stereocenters. The molecule has 1 heteroatoms. The summed E-state index contributed by atoms with van der Waals surface area (Å²) >= 11 is 0. The summed E-state index contributed by atoms with van der Waals surface area (Å²) in [6.07, 6.45) is 4.89. The predicted molar refractivity (Wildman–Crippen MR) is 98.3 cm³/mol. The lowest BCUT2D eigenvalue weighted by Gasteiger charge is -2.10. The monoisotopic (exact) mass is 301 g/mol. The SMILES string of the molecule is CCCCCc1cc(-c2ccccc2)nc(-c2ccccc2)c1. The van der Waals surface area contributed by atoms with Crippen molar-refractivity contribution in [3.05, 3.63) is 78.4 Å². The first-order valence-corrected chi connectivity index (χ1v) is 8.48. The Hall–Kier alpha value is -2.41. The molecule has 0 aliphatic heterocycles. The van der Waals surface area contributed by atoms with Gasteiger partial charge in [-0.15, -0.1) is 0 Å². The Labute approximate surface area is 139 Å². The van der Waals surface area contributed by atoms with Gasteiger partial charge in [0.25, 0.3) is 0 Å². The maximum absolute atomic E-state index is 4.90. The van der Waals surface area contributed by atoms with E-state index in [1.54, 1.807) is 0 Å². The molecule has 23 heavy (non-hydrogen) atoms. The molecule has 0 aliphatic carbocycles. The summed E-state index contributed by atoms with van der Waals surface area (Å²) in [4.78, 5) is 4.90. The van der Waals surface area contributed by atoms with Crippen molar-refractivity contribution in [2.75, 3.05) is 0 Å². The van der Waals surface area contributed by atoms with Crippen molar-refractivity contribution >= 4 is 0 Å². The number of aryl methyl sites for hydroxylation is 1. The van der Waals surface area contributed by atoms with Crippen LogP contribution in [0.2, 0.25) is 0 Å². The van der Waals surface area contributed by atoms with Crippen molar-refractivity contribution in [1.29, 1.82) is 0 Å². The van der Waals surface area contributed by atoms with Crippen LogP contribution in [0.5, 0.6) is 0 Å². The smallest absolute Gasteiger partial charge is 0.0712 e. The highest BCUT2D eigenvalue weighted by molar-refractivity contribution is 5.67. The van der Waals surface area contributed by atoms with Crippen LogP contribution in [0.3, 0.4) is 0 Å². The molecule has 0 spiro atoms. The molecule has 0 saturated carbocycles. The van der Waals surface area contributed by atoms with E-state index in [2.05, 4.69) is 67.6 Å². The average Bonchev–Trinajstić information content (AvgIpc) is 2.63. The third-order valence-corrected chi connectivity index (χ3v) is 4.09. The maximum atomic E-state index is 4.90. The highest BCUT2D eigenvalue weighted by Gasteiger charge is 2.07. The molecule has 1 heterocycles. The van der Waals surface area contributed by atoms with Crippen LogP contribution in [0.25, 0.3) is 22.5 Å². The van der Waals surface area contributed by atoms with Gasteiger partial charge in [0.2, 0.25) is 0 Å². The lowest BCUT2D eigenvalue weighted by molar-refractivity contribution is 0.717. The molecule has 3 rings (SSSR count). The summed E-state index contributed by atoms with van der Waals surface area (Å²) in [5.41, 5.74) is 5.88. The largest absolute Gasteiger partial charge is 0.248 e. The molecule has 0 saturated heterocycles. The van der Waals surface area contributed by atoms with E-state index in [-0.39, 0.29) is 0 Å². The van der Waals surface area contributed by atoms with Gasteiger partial charge in [0.15, 0.2) is 0 Å². The average molecular weight is 301 g/mol. The van der Waals surface area contributed by atoms with E-state index in [1.807, 2.05) is 12.1 Å². The van der Waals surface area contributed by atoms with Crippen molar-refractivity contribution in [1.82, 2.24) is 4.98 Å². The molecule has 0 amide bonds. The van der Waals surface area contributed by atoms with Crippen molar-refractivity contribution in [2.45, 2.75) is 32.6 Å². The van der Waals surface area contributed by atoms with E-state index in [0.717, 1.165) is 17.8 Å². The first-order valence-electron chi connectivity index (χ1n) is 8.48. The fourth-order valence-corrected chi connectivity index (χ4v) is 2.82.